The maximum Gasteiger partial charge on any atom is 0.0804 e. The first kappa shape index (κ1) is 18.4. The number of nitrogens with one attached hydrogen (secondary N) is 1. The predicted molar refractivity (Wildman–Crippen MR) is 111 cm³/mol. The fourth-order valence-corrected chi connectivity index (χ4v) is 3.80. The van der Waals surface area contributed by atoms with E-state index >= 15 is 0 Å². The van der Waals surface area contributed by atoms with Crippen molar-refractivity contribution < 1.29 is 5.11 Å². The quantitative estimate of drug-likeness (QED) is 0.656. The van der Waals surface area contributed by atoms with E-state index in [0.717, 1.165) is 28.7 Å². The highest BCUT2D eigenvalue weighted by molar-refractivity contribution is 6.01. The molecule has 3 aromatic rings. The average molecular weight is 348 g/mol. The number of pyridine rings is 1. The Bertz CT molecular complexity index is 919. The number of fused-ring (bicyclic) bond motifs is 1. The van der Waals surface area contributed by atoms with Crippen LogP contribution in [0.3, 0.4) is 0 Å². The number of anilines is 1. The number of hydrogen-bond acceptors (Lipinski definition) is 3. The minimum Gasteiger partial charge on any atom is -0.394 e. The van der Waals surface area contributed by atoms with Crippen molar-refractivity contribution in [3.63, 3.8) is 0 Å². The van der Waals surface area contributed by atoms with Crippen molar-refractivity contribution in [3.8, 4) is 11.1 Å². The second-order valence-electron chi connectivity index (χ2n) is 7.22. The summed E-state index contributed by atoms with van der Waals surface area (Å²) in [7, 11) is 0. The molecule has 2 N–H and O–H groups in total. The fourth-order valence-electron chi connectivity index (χ4n) is 3.80. The maximum absolute atomic E-state index is 9.58. The monoisotopic (exact) mass is 348 g/mol. The molecule has 1 aromatic heterocycles. The van der Waals surface area contributed by atoms with Crippen molar-refractivity contribution in [1.82, 2.24) is 4.98 Å². The molecular formula is C23H28N2O. The van der Waals surface area contributed by atoms with Crippen LogP contribution in [0.2, 0.25) is 0 Å². The van der Waals surface area contributed by atoms with E-state index in [4.69, 9.17) is 4.98 Å². The Morgan fingerprint density at radius 1 is 1.04 bits per heavy atom. The Hall–Kier alpha value is -2.39. The van der Waals surface area contributed by atoms with E-state index in [2.05, 4.69) is 69.4 Å². The van der Waals surface area contributed by atoms with Gasteiger partial charge in [0.1, 0.15) is 0 Å². The lowest BCUT2D eigenvalue weighted by Crippen LogP contribution is -2.22. The summed E-state index contributed by atoms with van der Waals surface area (Å²) in [5.41, 5.74) is 9.28. The molecule has 1 unspecified atom stereocenters. The second kappa shape index (κ2) is 7.46. The summed E-state index contributed by atoms with van der Waals surface area (Å²) in [6.45, 7) is 10.7. The molecule has 136 valence electrons. The van der Waals surface area contributed by atoms with E-state index in [1.54, 1.807) is 0 Å². The van der Waals surface area contributed by atoms with Crippen LogP contribution in [0.5, 0.6) is 0 Å². The SMILES string of the molecule is CCC(CO)Nc1cc(C)nc2c(-c3c(C)cc(C)cc3C)cccc12. The van der Waals surface area contributed by atoms with E-state index in [1.165, 1.54) is 27.8 Å². The van der Waals surface area contributed by atoms with Crippen LogP contribution >= 0.6 is 0 Å². The van der Waals surface area contributed by atoms with E-state index in [-0.39, 0.29) is 12.6 Å². The van der Waals surface area contributed by atoms with Gasteiger partial charge >= 0.3 is 0 Å². The third-order valence-corrected chi connectivity index (χ3v) is 4.99. The standard InChI is InChI=1S/C23H28N2O/c1-6-18(13-26)25-21-12-17(5)24-23-19(21)8-7-9-20(23)22-15(3)10-14(2)11-16(22)4/h7-12,18,26H,6,13H2,1-5H3,(H,24,25). The molecule has 0 aliphatic heterocycles. The molecule has 0 radical (unpaired) electrons. The lowest BCUT2D eigenvalue weighted by molar-refractivity contribution is 0.272. The molecule has 26 heavy (non-hydrogen) atoms. The van der Waals surface area contributed by atoms with Crippen molar-refractivity contribution in [3.05, 3.63) is 58.8 Å². The Kier molecular flexibility index (Phi) is 5.28. The lowest BCUT2D eigenvalue weighted by Gasteiger charge is -2.19. The number of hydrogen-bond donors (Lipinski definition) is 2. The van der Waals surface area contributed by atoms with Crippen molar-refractivity contribution in [2.45, 2.75) is 47.1 Å². The number of aliphatic hydroxyl groups is 1. The second-order valence-corrected chi connectivity index (χ2v) is 7.22. The Morgan fingerprint density at radius 2 is 1.73 bits per heavy atom. The van der Waals surface area contributed by atoms with Crippen molar-refractivity contribution in [2.75, 3.05) is 11.9 Å². The molecule has 0 aliphatic carbocycles. The number of rotatable bonds is 5. The molecule has 3 heteroatoms. The number of aryl methyl sites for hydroxylation is 4. The molecular weight excluding hydrogens is 320 g/mol. The van der Waals surface area contributed by atoms with E-state index in [0.29, 0.717) is 0 Å². The highest BCUT2D eigenvalue weighted by Crippen LogP contribution is 2.36. The predicted octanol–water partition coefficient (Wildman–Crippen LogP) is 5.32. The summed E-state index contributed by atoms with van der Waals surface area (Å²) in [6.07, 6.45) is 0.870. The number of benzene rings is 2. The number of aromatic nitrogens is 1. The van der Waals surface area contributed by atoms with Crippen LogP contribution in [-0.2, 0) is 0 Å². The van der Waals surface area contributed by atoms with Gasteiger partial charge in [-0.25, -0.2) is 0 Å². The zero-order valence-electron chi connectivity index (χ0n) is 16.4. The summed E-state index contributed by atoms with van der Waals surface area (Å²) >= 11 is 0. The van der Waals surface area contributed by atoms with Crippen molar-refractivity contribution >= 4 is 16.6 Å². The van der Waals surface area contributed by atoms with Gasteiger partial charge in [-0.15, -0.1) is 0 Å². The van der Waals surface area contributed by atoms with Crippen LogP contribution in [0.25, 0.3) is 22.0 Å². The molecule has 0 spiro atoms. The van der Waals surface area contributed by atoms with Crippen LogP contribution in [0.4, 0.5) is 5.69 Å². The minimum atomic E-state index is 0.0477. The van der Waals surface area contributed by atoms with E-state index in [9.17, 15) is 5.11 Å². The third kappa shape index (κ3) is 3.45. The molecule has 0 bridgehead atoms. The van der Waals surface area contributed by atoms with Gasteiger partial charge in [0.15, 0.2) is 0 Å². The number of nitrogens with zero attached hydrogens (tertiary/aromatic N) is 1. The molecule has 3 nitrogen and oxygen atoms in total. The first-order valence-corrected chi connectivity index (χ1v) is 9.30. The molecule has 1 heterocycles. The van der Waals surface area contributed by atoms with Crippen LogP contribution in [-0.4, -0.2) is 22.7 Å². The summed E-state index contributed by atoms with van der Waals surface area (Å²) in [4.78, 5) is 4.87. The fraction of sp³-hybridized carbons (Fsp3) is 0.348. The first-order valence-electron chi connectivity index (χ1n) is 9.30. The van der Waals surface area contributed by atoms with Crippen molar-refractivity contribution in [1.29, 1.82) is 0 Å². The topological polar surface area (TPSA) is 45.1 Å². The summed E-state index contributed by atoms with van der Waals surface area (Å²) < 4.78 is 0. The van der Waals surface area contributed by atoms with Crippen LogP contribution in [0, 0.1) is 27.7 Å². The highest BCUT2D eigenvalue weighted by atomic mass is 16.3. The van der Waals surface area contributed by atoms with Gasteiger partial charge in [0.05, 0.1) is 12.1 Å². The molecule has 1 atom stereocenters. The highest BCUT2D eigenvalue weighted by Gasteiger charge is 2.15. The summed E-state index contributed by atoms with van der Waals surface area (Å²) in [5, 5.41) is 14.2. The van der Waals surface area contributed by atoms with Crippen LogP contribution in [0.15, 0.2) is 36.4 Å². The lowest BCUT2D eigenvalue weighted by atomic mass is 9.92. The zero-order chi connectivity index (χ0) is 18.8. The Labute approximate surface area is 156 Å². The van der Waals surface area contributed by atoms with Gasteiger partial charge < -0.3 is 10.4 Å². The van der Waals surface area contributed by atoms with Gasteiger partial charge in [-0.3, -0.25) is 4.98 Å². The molecule has 0 saturated heterocycles. The van der Waals surface area contributed by atoms with Gasteiger partial charge in [0, 0.05) is 28.4 Å². The Morgan fingerprint density at radius 3 is 2.35 bits per heavy atom. The van der Waals surface area contributed by atoms with Gasteiger partial charge in [-0.05, 0) is 56.9 Å². The Balaban J connectivity index is 2.25. The normalized spacial score (nSPS) is 12.4. The average Bonchev–Trinajstić information content (AvgIpc) is 2.59. The molecule has 0 amide bonds. The minimum absolute atomic E-state index is 0.0477. The molecule has 0 aliphatic rings. The molecule has 2 aromatic carbocycles. The van der Waals surface area contributed by atoms with Crippen molar-refractivity contribution in [2.24, 2.45) is 0 Å². The first-order chi connectivity index (χ1) is 12.4. The van der Waals surface area contributed by atoms with Crippen LogP contribution in [0.1, 0.15) is 35.7 Å². The van der Waals surface area contributed by atoms with Gasteiger partial charge in [0.2, 0.25) is 0 Å². The van der Waals surface area contributed by atoms with Gasteiger partial charge in [-0.1, -0.05) is 42.8 Å². The molecule has 0 fully saturated rings. The zero-order valence-corrected chi connectivity index (χ0v) is 16.4. The molecule has 0 saturated carbocycles. The molecule has 3 rings (SSSR count). The van der Waals surface area contributed by atoms with Crippen LogP contribution < -0.4 is 5.32 Å². The number of para-hydroxylation sites is 1. The third-order valence-electron chi connectivity index (χ3n) is 4.99. The van der Waals surface area contributed by atoms with E-state index in [1.807, 2.05) is 6.92 Å². The largest absolute Gasteiger partial charge is 0.394 e. The van der Waals surface area contributed by atoms with Gasteiger partial charge in [-0.2, -0.15) is 0 Å². The maximum atomic E-state index is 9.58. The van der Waals surface area contributed by atoms with Gasteiger partial charge in [0.25, 0.3) is 0 Å². The summed E-state index contributed by atoms with van der Waals surface area (Å²) in [5.74, 6) is 0. The number of aliphatic hydroxyl groups excluding tert-OH is 1. The van der Waals surface area contributed by atoms with E-state index < -0.39 is 0 Å². The summed E-state index contributed by atoms with van der Waals surface area (Å²) in [6, 6.07) is 12.9. The smallest absolute Gasteiger partial charge is 0.0804 e.